The van der Waals surface area contributed by atoms with Gasteiger partial charge in [0.1, 0.15) is 6.04 Å². The Labute approximate surface area is 90.1 Å². The van der Waals surface area contributed by atoms with Gasteiger partial charge < -0.3 is 4.57 Å². The topological polar surface area (TPSA) is 44.9 Å². The van der Waals surface area contributed by atoms with E-state index in [2.05, 4.69) is 16.0 Å². The van der Waals surface area contributed by atoms with Gasteiger partial charge in [0, 0.05) is 13.2 Å². The van der Waals surface area contributed by atoms with E-state index < -0.39 is 0 Å². The second-order valence-corrected chi connectivity index (χ2v) is 4.09. The number of nitrogens with zero attached hydrogens (tertiary/aromatic N) is 4. The number of nitriles is 1. The van der Waals surface area contributed by atoms with E-state index in [1.807, 2.05) is 17.8 Å². The normalized spacial score (nSPS) is 19.7. The van der Waals surface area contributed by atoms with Gasteiger partial charge in [0.25, 0.3) is 0 Å². The second-order valence-electron chi connectivity index (χ2n) is 4.09. The highest BCUT2D eigenvalue weighted by molar-refractivity contribution is 5.13. The van der Waals surface area contributed by atoms with Crippen molar-refractivity contribution in [2.45, 2.75) is 25.3 Å². The molecule has 0 radical (unpaired) electrons. The number of aryl methyl sites for hydroxylation is 1. The lowest BCUT2D eigenvalue weighted by Gasteiger charge is -2.29. The largest absolute Gasteiger partial charge is 0.340 e. The molecule has 1 fully saturated rings. The minimum Gasteiger partial charge on any atom is -0.340 e. The van der Waals surface area contributed by atoms with E-state index in [-0.39, 0.29) is 6.04 Å². The summed E-state index contributed by atoms with van der Waals surface area (Å²) >= 11 is 0. The van der Waals surface area contributed by atoms with Crippen LogP contribution in [0, 0.1) is 11.3 Å². The van der Waals surface area contributed by atoms with Gasteiger partial charge in [-0.2, -0.15) is 5.26 Å². The number of hydrogen-bond donors (Lipinski definition) is 0. The fourth-order valence-corrected chi connectivity index (χ4v) is 2.09. The summed E-state index contributed by atoms with van der Waals surface area (Å²) in [6, 6.07) is 2.19. The molecular formula is C11H16N4. The Kier molecular flexibility index (Phi) is 3.02. The number of aromatic nitrogens is 2. The summed E-state index contributed by atoms with van der Waals surface area (Å²) in [5.41, 5.74) is 0.877. The maximum absolute atomic E-state index is 9.20. The first kappa shape index (κ1) is 10.2. The minimum atomic E-state index is -0.161. The fourth-order valence-electron chi connectivity index (χ4n) is 2.09. The van der Waals surface area contributed by atoms with Gasteiger partial charge in [-0.15, -0.1) is 0 Å². The molecule has 2 rings (SSSR count). The molecule has 1 aromatic heterocycles. The summed E-state index contributed by atoms with van der Waals surface area (Å²) in [5.74, 6) is 0. The summed E-state index contributed by atoms with van der Waals surface area (Å²) in [6.07, 6.45) is 7.37. The van der Waals surface area contributed by atoms with Crippen LogP contribution in [-0.2, 0) is 7.05 Å². The van der Waals surface area contributed by atoms with Crippen molar-refractivity contribution < 1.29 is 0 Å². The van der Waals surface area contributed by atoms with Crippen molar-refractivity contribution in [3.05, 3.63) is 18.2 Å². The molecule has 0 aliphatic carbocycles. The molecule has 0 aromatic carbocycles. The molecule has 1 aliphatic rings. The average molecular weight is 204 g/mol. The molecular weight excluding hydrogens is 188 g/mol. The minimum absolute atomic E-state index is 0.161. The predicted molar refractivity (Wildman–Crippen MR) is 57.0 cm³/mol. The van der Waals surface area contributed by atoms with Crippen LogP contribution >= 0.6 is 0 Å². The molecule has 1 aromatic rings. The molecule has 4 nitrogen and oxygen atoms in total. The highest BCUT2D eigenvalue weighted by Gasteiger charge is 2.23. The monoisotopic (exact) mass is 204 g/mol. The summed E-state index contributed by atoms with van der Waals surface area (Å²) in [5, 5.41) is 9.20. The van der Waals surface area contributed by atoms with E-state index in [0.29, 0.717) is 0 Å². The Morgan fingerprint density at radius 1 is 1.40 bits per heavy atom. The predicted octanol–water partition coefficient (Wildman–Crippen LogP) is 1.47. The maximum Gasteiger partial charge on any atom is 0.142 e. The number of likely N-dealkylation sites (tertiary alicyclic amines) is 1. The molecule has 1 saturated heterocycles. The third kappa shape index (κ3) is 2.18. The standard InChI is InChI=1S/C11H16N4/c1-14-8-10(13-9-14)11(7-12)15-5-3-2-4-6-15/h8-9,11H,2-6H2,1H3. The fraction of sp³-hybridized carbons (Fsp3) is 0.636. The van der Waals surface area contributed by atoms with Crippen LogP contribution in [0.2, 0.25) is 0 Å². The summed E-state index contributed by atoms with van der Waals surface area (Å²) < 4.78 is 1.89. The zero-order valence-electron chi connectivity index (χ0n) is 9.06. The first-order valence-corrected chi connectivity index (χ1v) is 5.43. The number of hydrogen-bond acceptors (Lipinski definition) is 3. The molecule has 0 amide bonds. The van der Waals surface area contributed by atoms with E-state index in [0.717, 1.165) is 18.8 Å². The Balaban J connectivity index is 2.13. The lowest BCUT2D eigenvalue weighted by molar-refractivity contribution is 0.193. The van der Waals surface area contributed by atoms with Gasteiger partial charge in [0.15, 0.2) is 0 Å². The third-order valence-corrected chi connectivity index (χ3v) is 2.88. The summed E-state index contributed by atoms with van der Waals surface area (Å²) in [4.78, 5) is 6.49. The molecule has 15 heavy (non-hydrogen) atoms. The lowest BCUT2D eigenvalue weighted by Crippen LogP contribution is -2.33. The molecule has 4 heteroatoms. The average Bonchev–Trinajstić information content (AvgIpc) is 2.68. The SMILES string of the molecule is Cn1cnc(C(C#N)N2CCCCC2)c1. The van der Waals surface area contributed by atoms with Crippen LogP contribution in [-0.4, -0.2) is 27.5 Å². The van der Waals surface area contributed by atoms with Crippen LogP contribution in [0.25, 0.3) is 0 Å². The van der Waals surface area contributed by atoms with Gasteiger partial charge in [-0.3, -0.25) is 4.90 Å². The van der Waals surface area contributed by atoms with E-state index in [9.17, 15) is 5.26 Å². The smallest absolute Gasteiger partial charge is 0.142 e. The van der Waals surface area contributed by atoms with Crippen molar-refractivity contribution in [3.8, 4) is 6.07 Å². The van der Waals surface area contributed by atoms with Gasteiger partial charge in [0.05, 0.1) is 18.1 Å². The molecule has 1 aliphatic heterocycles. The zero-order chi connectivity index (χ0) is 10.7. The van der Waals surface area contributed by atoms with Crippen LogP contribution in [0.3, 0.4) is 0 Å². The summed E-state index contributed by atoms with van der Waals surface area (Å²) in [6.45, 7) is 2.05. The van der Waals surface area contributed by atoms with E-state index in [1.54, 1.807) is 6.33 Å². The van der Waals surface area contributed by atoms with Gasteiger partial charge in [-0.1, -0.05) is 6.42 Å². The first-order chi connectivity index (χ1) is 7.31. The Morgan fingerprint density at radius 2 is 2.13 bits per heavy atom. The van der Waals surface area contributed by atoms with Gasteiger partial charge in [-0.25, -0.2) is 4.98 Å². The first-order valence-electron chi connectivity index (χ1n) is 5.43. The highest BCUT2D eigenvalue weighted by atomic mass is 15.2. The molecule has 0 N–H and O–H groups in total. The maximum atomic E-state index is 9.20. The van der Waals surface area contributed by atoms with Crippen LogP contribution in [0.1, 0.15) is 31.0 Å². The zero-order valence-corrected chi connectivity index (χ0v) is 9.06. The molecule has 0 bridgehead atoms. The van der Waals surface area contributed by atoms with Gasteiger partial charge in [-0.05, 0) is 25.9 Å². The molecule has 0 spiro atoms. The van der Waals surface area contributed by atoms with Crippen molar-refractivity contribution in [2.24, 2.45) is 7.05 Å². The van der Waals surface area contributed by atoms with Crippen LogP contribution in [0.15, 0.2) is 12.5 Å². The Hall–Kier alpha value is -1.34. The van der Waals surface area contributed by atoms with Gasteiger partial charge in [0.2, 0.25) is 0 Å². The quantitative estimate of drug-likeness (QED) is 0.732. The van der Waals surface area contributed by atoms with Crippen molar-refractivity contribution in [3.63, 3.8) is 0 Å². The van der Waals surface area contributed by atoms with Crippen molar-refractivity contribution in [2.75, 3.05) is 13.1 Å². The highest BCUT2D eigenvalue weighted by Crippen LogP contribution is 2.22. The van der Waals surface area contributed by atoms with Crippen molar-refractivity contribution in [1.82, 2.24) is 14.5 Å². The molecule has 2 heterocycles. The van der Waals surface area contributed by atoms with Crippen LogP contribution < -0.4 is 0 Å². The molecule has 0 saturated carbocycles. The van der Waals surface area contributed by atoms with Crippen molar-refractivity contribution >= 4 is 0 Å². The number of imidazole rings is 1. The Morgan fingerprint density at radius 3 is 2.67 bits per heavy atom. The molecule has 80 valence electrons. The van der Waals surface area contributed by atoms with Crippen molar-refractivity contribution in [1.29, 1.82) is 5.26 Å². The number of piperidine rings is 1. The van der Waals surface area contributed by atoms with Gasteiger partial charge >= 0.3 is 0 Å². The lowest BCUT2D eigenvalue weighted by atomic mass is 10.1. The van der Waals surface area contributed by atoms with E-state index >= 15 is 0 Å². The molecule has 1 unspecified atom stereocenters. The van der Waals surface area contributed by atoms with Crippen LogP contribution in [0.4, 0.5) is 0 Å². The molecule has 1 atom stereocenters. The Bertz CT molecular complexity index is 357. The summed E-state index contributed by atoms with van der Waals surface area (Å²) in [7, 11) is 1.93. The van der Waals surface area contributed by atoms with E-state index in [4.69, 9.17) is 0 Å². The number of rotatable bonds is 2. The van der Waals surface area contributed by atoms with E-state index in [1.165, 1.54) is 19.3 Å². The third-order valence-electron chi connectivity index (χ3n) is 2.88. The second kappa shape index (κ2) is 4.45. The van der Waals surface area contributed by atoms with Crippen LogP contribution in [0.5, 0.6) is 0 Å².